The van der Waals surface area contributed by atoms with Gasteiger partial charge in [-0.05, 0) is 13.5 Å². The third-order valence-corrected chi connectivity index (χ3v) is 2.12. The number of rotatable bonds is 6. The van der Waals surface area contributed by atoms with Gasteiger partial charge >= 0.3 is 0 Å². The van der Waals surface area contributed by atoms with E-state index in [1.165, 1.54) is 0 Å². The van der Waals surface area contributed by atoms with E-state index in [0.29, 0.717) is 6.61 Å². The first-order chi connectivity index (χ1) is 6.83. The van der Waals surface area contributed by atoms with E-state index in [-0.39, 0.29) is 6.04 Å². The maximum absolute atomic E-state index is 5.12. The summed E-state index contributed by atoms with van der Waals surface area (Å²) >= 11 is 0. The van der Waals surface area contributed by atoms with Crippen molar-refractivity contribution in [2.24, 2.45) is 0 Å². The number of hydrogen-bond acceptors (Lipinski definition) is 4. The molecule has 1 rings (SSSR count). The first kappa shape index (κ1) is 11.1. The molecule has 1 atom stereocenters. The summed E-state index contributed by atoms with van der Waals surface area (Å²) in [5.41, 5.74) is 1.08. The lowest BCUT2D eigenvalue weighted by Gasteiger charge is -2.15. The highest BCUT2D eigenvalue weighted by Crippen LogP contribution is 2.11. The number of aryl methyl sites for hydroxylation is 1. The van der Waals surface area contributed by atoms with Crippen LogP contribution in [-0.4, -0.2) is 35.8 Å². The van der Waals surface area contributed by atoms with Gasteiger partial charge in [0.15, 0.2) is 0 Å². The maximum Gasteiger partial charge on any atom is 0.0780 e. The van der Waals surface area contributed by atoms with Crippen molar-refractivity contribution in [1.82, 2.24) is 20.3 Å². The Bertz CT molecular complexity index is 261. The normalized spacial score (nSPS) is 13.1. The smallest absolute Gasteiger partial charge is 0.0780 e. The third kappa shape index (κ3) is 2.52. The zero-order valence-electron chi connectivity index (χ0n) is 9.03. The fraction of sp³-hybridized carbons (Fsp3) is 0.778. The Kier molecular flexibility index (Phi) is 4.55. The highest BCUT2D eigenvalue weighted by atomic mass is 16.5. The van der Waals surface area contributed by atoms with E-state index in [2.05, 4.69) is 22.6 Å². The maximum atomic E-state index is 5.12. The minimum Gasteiger partial charge on any atom is -0.383 e. The summed E-state index contributed by atoms with van der Waals surface area (Å²) in [4.78, 5) is 0. The Labute approximate surface area is 84.4 Å². The van der Waals surface area contributed by atoms with Crippen molar-refractivity contribution in [3.63, 3.8) is 0 Å². The van der Waals surface area contributed by atoms with Gasteiger partial charge in [0.25, 0.3) is 0 Å². The number of hydrogen-bond donors (Lipinski definition) is 1. The minimum atomic E-state index is 0.168. The number of nitrogens with one attached hydrogen (secondary N) is 1. The lowest BCUT2D eigenvalue weighted by atomic mass is 10.2. The van der Waals surface area contributed by atoms with Gasteiger partial charge < -0.3 is 10.1 Å². The number of ether oxygens (including phenoxy) is 1. The largest absolute Gasteiger partial charge is 0.383 e. The van der Waals surface area contributed by atoms with E-state index in [1.54, 1.807) is 13.3 Å². The van der Waals surface area contributed by atoms with Gasteiger partial charge in [-0.1, -0.05) is 12.1 Å². The van der Waals surface area contributed by atoms with E-state index in [1.807, 2.05) is 11.7 Å². The first-order valence-electron chi connectivity index (χ1n) is 4.88. The van der Waals surface area contributed by atoms with Crippen LogP contribution in [0.4, 0.5) is 0 Å². The lowest BCUT2D eigenvalue weighted by Crippen LogP contribution is -2.24. The number of likely N-dealkylation sites (N-methyl/N-ethyl adjacent to an activating group) is 1. The van der Waals surface area contributed by atoms with Crippen LogP contribution in [0.3, 0.4) is 0 Å². The fourth-order valence-corrected chi connectivity index (χ4v) is 1.40. The Morgan fingerprint density at radius 3 is 3.00 bits per heavy atom. The number of aromatic nitrogens is 3. The van der Waals surface area contributed by atoms with Crippen LogP contribution in [0.5, 0.6) is 0 Å². The molecule has 5 nitrogen and oxygen atoms in total. The molecule has 0 fully saturated rings. The Hall–Kier alpha value is -0.940. The van der Waals surface area contributed by atoms with E-state index >= 15 is 0 Å². The van der Waals surface area contributed by atoms with Crippen molar-refractivity contribution in [1.29, 1.82) is 0 Å². The standard InChI is InChI=1S/C9H18N4O/c1-4-5-13-9(6-11-12-13)8(10-2)7-14-3/h6,8,10H,4-5,7H2,1-3H3. The van der Waals surface area contributed by atoms with Crippen molar-refractivity contribution >= 4 is 0 Å². The molecule has 5 heteroatoms. The van der Waals surface area contributed by atoms with Crippen LogP contribution >= 0.6 is 0 Å². The van der Waals surface area contributed by atoms with Crippen molar-refractivity contribution in [2.45, 2.75) is 25.9 Å². The van der Waals surface area contributed by atoms with Gasteiger partial charge in [0.2, 0.25) is 0 Å². The van der Waals surface area contributed by atoms with E-state index in [0.717, 1.165) is 18.7 Å². The molecular weight excluding hydrogens is 180 g/mol. The number of nitrogens with zero attached hydrogens (tertiary/aromatic N) is 3. The molecule has 1 N–H and O–H groups in total. The summed E-state index contributed by atoms with van der Waals surface area (Å²) in [6.45, 7) is 3.65. The summed E-state index contributed by atoms with van der Waals surface area (Å²) in [7, 11) is 3.60. The lowest BCUT2D eigenvalue weighted by molar-refractivity contribution is 0.166. The van der Waals surface area contributed by atoms with Crippen molar-refractivity contribution < 1.29 is 4.74 Å². The molecule has 0 aliphatic carbocycles. The molecule has 80 valence electrons. The van der Waals surface area contributed by atoms with Gasteiger partial charge in [0, 0.05) is 13.7 Å². The monoisotopic (exact) mass is 198 g/mol. The summed E-state index contributed by atoms with van der Waals surface area (Å²) in [5, 5.41) is 11.1. The van der Waals surface area contributed by atoms with Crippen LogP contribution < -0.4 is 5.32 Å². The summed E-state index contributed by atoms with van der Waals surface area (Å²) in [6.07, 6.45) is 2.84. The highest BCUT2D eigenvalue weighted by Gasteiger charge is 2.14. The molecule has 0 saturated carbocycles. The summed E-state index contributed by atoms with van der Waals surface area (Å²) in [5.74, 6) is 0. The molecule has 1 aromatic heterocycles. The fourth-order valence-electron chi connectivity index (χ4n) is 1.40. The van der Waals surface area contributed by atoms with Crippen LogP contribution in [-0.2, 0) is 11.3 Å². The Balaban J connectivity index is 2.74. The van der Waals surface area contributed by atoms with Crippen LogP contribution in [0, 0.1) is 0 Å². The topological polar surface area (TPSA) is 52.0 Å². The van der Waals surface area contributed by atoms with E-state index < -0.39 is 0 Å². The van der Waals surface area contributed by atoms with E-state index in [4.69, 9.17) is 4.74 Å². The van der Waals surface area contributed by atoms with Gasteiger partial charge in [0.1, 0.15) is 0 Å². The van der Waals surface area contributed by atoms with Crippen LogP contribution in [0.2, 0.25) is 0 Å². The van der Waals surface area contributed by atoms with Crippen LogP contribution in [0.25, 0.3) is 0 Å². The van der Waals surface area contributed by atoms with Gasteiger partial charge in [0.05, 0.1) is 24.5 Å². The summed E-state index contributed by atoms with van der Waals surface area (Å²) in [6, 6.07) is 0.168. The van der Waals surface area contributed by atoms with Crippen molar-refractivity contribution in [3.8, 4) is 0 Å². The Morgan fingerprint density at radius 2 is 2.43 bits per heavy atom. The zero-order valence-corrected chi connectivity index (χ0v) is 9.03. The molecule has 0 aliphatic heterocycles. The van der Waals surface area contributed by atoms with Crippen LogP contribution in [0.1, 0.15) is 25.1 Å². The van der Waals surface area contributed by atoms with Gasteiger partial charge in [-0.15, -0.1) is 5.10 Å². The molecular formula is C9H18N4O. The first-order valence-corrected chi connectivity index (χ1v) is 4.88. The second-order valence-corrected chi connectivity index (χ2v) is 3.18. The van der Waals surface area contributed by atoms with Gasteiger partial charge in [-0.3, -0.25) is 0 Å². The predicted molar refractivity (Wildman–Crippen MR) is 54.0 cm³/mol. The molecule has 1 unspecified atom stereocenters. The molecule has 14 heavy (non-hydrogen) atoms. The quantitative estimate of drug-likeness (QED) is 0.727. The van der Waals surface area contributed by atoms with Crippen molar-refractivity contribution in [3.05, 3.63) is 11.9 Å². The molecule has 0 bridgehead atoms. The highest BCUT2D eigenvalue weighted by molar-refractivity contribution is 5.02. The molecule has 1 aromatic rings. The predicted octanol–water partition coefficient (Wildman–Crippen LogP) is 0.595. The molecule has 0 aliphatic rings. The zero-order chi connectivity index (χ0) is 10.4. The average Bonchev–Trinajstić information content (AvgIpc) is 2.63. The van der Waals surface area contributed by atoms with Gasteiger partial charge in [-0.2, -0.15) is 0 Å². The molecule has 1 heterocycles. The van der Waals surface area contributed by atoms with Crippen molar-refractivity contribution in [2.75, 3.05) is 20.8 Å². The molecule has 0 saturated heterocycles. The third-order valence-electron chi connectivity index (χ3n) is 2.12. The molecule has 0 aromatic carbocycles. The Morgan fingerprint density at radius 1 is 1.64 bits per heavy atom. The average molecular weight is 198 g/mol. The molecule has 0 spiro atoms. The number of methoxy groups -OCH3 is 1. The van der Waals surface area contributed by atoms with Gasteiger partial charge in [-0.25, -0.2) is 4.68 Å². The molecule has 0 radical (unpaired) electrons. The summed E-state index contributed by atoms with van der Waals surface area (Å²) < 4.78 is 7.04. The second kappa shape index (κ2) is 5.72. The minimum absolute atomic E-state index is 0.168. The second-order valence-electron chi connectivity index (χ2n) is 3.18. The van der Waals surface area contributed by atoms with E-state index in [9.17, 15) is 0 Å². The SMILES string of the molecule is CCCn1nncc1C(COC)NC. The van der Waals surface area contributed by atoms with Crippen LogP contribution in [0.15, 0.2) is 6.20 Å². The molecule has 0 amide bonds.